The first-order valence-corrected chi connectivity index (χ1v) is 11.2. The molecule has 0 radical (unpaired) electrons. The van der Waals surface area contributed by atoms with E-state index in [1.165, 1.54) is 0 Å². The van der Waals surface area contributed by atoms with Crippen molar-refractivity contribution in [2.75, 3.05) is 18.4 Å². The summed E-state index contributed by atoms with van der Waals surface area (Å²) in [6.45, 7) is 3.90. The Hall–Kier alpha value is -3.55. The number of hydrogen-bond acceptors (Lipinski definition) is 6. The topological polar surface area (TPSA) is 99.7 Å². The highest BCUT2D eigenvalue weighted by Gasteiger charge is 2.48. The van der Waals surface area contributed by atoms with Crippen molar-refractivity contribution >= 4 is 33.9 Å². The van der Waals surface area contributed by atoms with E-state index in [1.807, 2.05) is 35.5 Å². The molecule has 8 heteroatoms. The highest BCUT2D eigenvalue weighted by atomic mass is 16.2. The van der Waals surface area contributed by atoms with Gasteiger partial charge in [0.15, 0.2) is 0 Å². The van der Waals surface area contributed by atoms with Crippen molar-refractivity contribution < 1.29 is 4.79 Å². The Bertz CT molecular complexity index is 1320. The van der Waals surface area contributed by atoms with Gasteiger partial charge < -0.3 is 15.2 Å². The van der Waals surface area contributed by atoms with E-state index in [-0.39, 0.29) is 11.5 Å². The fourth-order valence-corrected chi connectivity index (χ4v) is 5.14. The molecule has 6 rings (SSSR count). The highest BCUT2D eigenvalue weighted by Crippen LogP contribution is 2.44. The summed E-state index contributed by atoms with van der Waals surface area (Å²) in [7, 11) is 0. The second-order valence-corrected chi connectivity index (χ2v) is 9.23. The number of rotatable bonds is 4. The van der Waals surface area contributed by atoms with E-state index < -0.39 is 0 Å². The molecule has 1 saturated heterocycles. The van der Waals surface area contributed by atoms with E-state index in [0.29, 0.717) is 11.9 Å². The van der Waals surface area contributed by atoms with Crippen LogP contribution in [0.25, 0.3) is 33.2 Å². The predicted octanol–water partition coefficient (Wildman–Crippen LogP) is 3.77. The number of carbonyl (C=O) groups excluding carboxylic acids is 1. The number of benzene rings is 1. The van der Waals surface area contributed by atoms with Crippen LogP contribution in [-0.4, -0.2) is 54.9 Å². The third kappa shape index (κ3) is 3.18. The van der Waals surface area contributed by atoms with Crippen molar-refractivity contribution in [3.63, 3.8) is 0 Å². The van der Waals surface area contributed by atoms with E-state index in [4.69, 9.17) is 0 Å². The number of aromatic nitrogens is 5. The monoisotopic (exact) mass is 427 g/mol. The Kier molecular flexibility index (Phi) is 4.34. The van der Waals surface area contributed by atoms with Crippen LogP contribution < -0.4 is 5.32 Å². The first kappa shape index (κ1) is 19.2. The molecule has 4 heterocycles. The molecular formula is C24H25N7O. The van der Waals surface area contributed by atoms with Gasteiger partial charge in [0.1, 0.15) is 5.65 Å². The largest absolute Gasteiger partial charge is 0.351 e. The number of aromatic amines is 1. The maximum atomic E-state index is 12.8. The molecule has 8 nitrogen and oxygen atoms in total. The first-order valence-electron chi connectivity index (χ1n) is 11.2. The Morgan fingerprint density at radius 2 is 1.91 bits per heavy atom. The zero-order valence-corrected chi connectivity index (χ0v) is 18.0. The molecule has 1 aromatic carbocycles. The Balaban J connectivity index is 1.18. The van der Waals surface area contributed by atoms with Crippen molar-refractivity contribution in [1.29, 1.82) is 0 Å². The minimum absolute atomic E-state index is 0.220. The van der Waals surface area contributed by atoms with Gasteiger partial charge in [0.2, 0.25) is 11.9 Å². The van der Waals surface area contributed by atoms with Crippen LogP contribution in [0.5, 0.6) is 0 Å². The smallest absolute Gasteiger partial charge is 0.228 e. The van der Waals surface area contributed by atoms with Gasteiger partial charge in [-0.3, -0.25) is 14.8 Å². The minimum atomic E-state index is -0.259. The summed E-state index contributed by atoms with van der Waals surface area (Å²) in [6.07, 6.45) is 11.1. The fraction of sp³-hybridized carbons (Fsp3) is 0.375. The van der Waals surface area contributed by atoms with Crippen LogP contribution in [0, 0.1) is 5.41 Å². The molecule has 3 aromatic heterocycles. The van der Waals surface area contributed by atoms with Gasteiger partial charge in [0.25, 0.3) is 0 Å². The molecule has 1 aliphatic heterocycles. The lowest BCUT2D eigenvalue weighted by molar-refractivity contribution is -0.145. The minimum Gasteiger partial charge on any atom is -0.351 e. The van der Waals surface area contributed by atoms with Crippen molar-refractivity contribution in [1.82, 2.24) is 29.8 Å². The van der Waals surface area contributed by atoms with Gasteiger partial charge >= 0.3 is 0 Å². The van der Waals surface area contributed by atoms with Crippen LogP contribution in [0.4, 0.5) is 5.95 Å². The summed E-state index contributed by atoms with van der Waals surface area (Å²) in [4.78, 5) is 36.1. The van der Waals surface area contributed by atoms with Gasteiger partial charge in [-0.15, -0.1) is 0 Å². The predicted molar refractivity (Wildman–Crippen MR) is 123 cm³/mol. The van der Waals surface area contributed by atoms with E-state index in [2.05, 4.69) is 37.2 Å². The van der Waals surface area contributed by atoms with Crippen LogP contribution in [-0.2, 0) is 4.79 Å². The molecule has 1 saturated carbocycles. The summed E-state index contributed by atoms with van der Waals surface area (Å²) >= 11 is 0. The number of anilines is 1. The van der Waals surface area contributed by atoms with Crippen molar-refractivity contribution in [3.8, 4) is 11.1 Å². The lowest BCUT2D eigenvalue weighted by atomic mass is 9.66. The third-order valence-electron chi connectivity index (χ3n) is 6.85. The molecule has 4 aromatic rings. The maximum absolute atomic E-state index is 12.8. The Morgan fingerprint density at radius 1 is 1.12 bits per heavy atom. The van der Waals surface area contributed by atoms with Gasteiger partial charge in [0, 0.05) is 54.9 Å². The molecule has 32 heavy (non-hydrogen) atoms. The standard InChI is InChI=1S/C24H25N7O/c1-24(22(32)31-8-2-3-9-31)11-16(12-24)29-23-28-14-18-17(13-27-21(18)30-23)15-4-5-19-20(10-15)26-7-6-25-19/h4-7,10,13-14,16H,2-3,8-9,11-12H2,1H3,(H2,27,28,29,30). The van der Waals surface area contributed by atoms with Crippen LogP contribution in [0.1, 0.15) is 32.6 Å². The zero-order chi connectivity index (χ0) is 21.7. The van der Waals surface area contributed by atoms with Crippen molar-refractivity contribution in [3.05, 3.63) is 43.0 Å². The van der Waals surface area contributed by atoms with E-state index >= 15 is 0 Å². The molecule has 0 spiro atoms. The fourth-order valence-electron chi connectivity index (χ4n) is 5.14. The average Bonchev–Trinajstić information content (AvgIpc) is 3.47. The normalized spacial score (nSPS) is 22.9. The molecule has 0 atom stereocenters. The van der Waals surface area contributed by atoms with Crippen LogP contribution in [0.3, 0.4) is 0 Å². The van der Waals surface area contributed by atoms with Crippen LogP contribution >= 0.6 is 0 Å². The number of amides is 1. The summed E-state index contributed by atoms with van der Waals surface area (Å²) < 4.78 is 0. The Labute approximate surface area is 185 Å². The quantitative estimate of drug-likeness (QED) is 0.514. The van der Waals surface area contributed by atoms with E-state index in [9.17, 15) is 4.79 Å². The van der Waals surface area contributed by atoms with E-state index in [1.54, 1.807) is 12.4 Å². The number of nitrogens with one attached hydrogen (secondary N) is 2. The second-order valence-electron chi connectivity index (χ2n) is 9.23. The lowest BCUT2D eigenvalue weighted by Gasteiger charge is -2.45. The van der Waals surface area contributed by atoms with Crippen molar-refractivity contribution in [2.45, 2.75) is 38.6 Å². The molecule has 2 aliphatic rings. The number of fused-ring (bicyclic) bond motifs is 2. The summed E-state index contributed by atoms with van der Waals surface area (Å²) in [5.41, 5.74) is 4.33. The second kappa shape index (κ2) is 7.25. The van der Waals surface area contributed by atoms with E-state index in [0.717, 1.165) is 72.0 Å². The number of H-pyrrole nitrogens is 1. The van der Waals surface area contributed by atoms with Gasteiger partial charge in [-0.25, -0.2) is 4.98 Å². The summed E-state index contributed by atoms with van der Waals surface area (Å²) in [6, 6.07) is 6.27. The average molecular weight is 428 g/mol. The number of hydrogen-bond donors (Lipinski definition) is 2. The SMILES string of the molecule is CC1(C(=O)N2CCCC2)CC(Nc2ncc3c(-c4ccc5nccnc5c4)c[nH]c3n2)C1. The van der Waals surface area contributed by atoms with Gasteiger partial charge in [-0.2, -0.15) is 4.98 Å². The van der Waals surface area contributed by atoms with Crippen LogP contribution in [0.2, 0.25) is 0 Å². The molecule has 2 fully saturated rings. The number of likely N-dealkylation sites (tertiary alicyclic amines) is 1. The zero-order valence-electron chi connectivity index (χ0n) is 18.0. The first-order chi connectivity index (χ1) is 15.6. The summed E-state index contributed by atoms with van der Waals surface area (Å²) in [5.74, 6) is 0.898. The van der Waals surface area contributed by atoms with Crippen molar-refractivity contribution in [2.24, 2.45) is 5.41 Å². The molecular weight excluding hydrogens is 402 g/mol. The molecule has 2 N–H and O–H groups in total. The lowest BCUT2D eigenvalue weighted by Crippen LogP contribution is -2.53. The molecule has 1 amide bonds. The van der Waals surface area contributed by atoms with Gasteiger partial charge in [0.05, 0.1) is 16.4 Å². The van der Waals surface area contributed by atoms with Crippen LogP contribution in [0.15, 0.2) is 43.0 Å². The molecule has 162 valence electrons. The highest BCUT2D eigenvalue weighted by molar-refractivity contribution is 5.95. The number of carbonyl (C=O) groups is 1. The Morgan fingerprint density at radius 3 is 2.72 bits per heavy atom. The molecule has 0 bridgehead atoms. The van der Waals surface area contributed by atoms with Gasteiger partial charge in [-0.1, -0.05) is 13.0 Å². The van der Waals surface area contributed by atoms with Gasteiger partial charge in [-0.05, 0) is 43.4 Å². The molecule has 0 unspecified atom stereocenters. The number of nitrogens with zero attached hydrogens (tertiary/aromatic N) is 5. The maximum Gasteiger partial charge on any atom is 0.228 e. The molecule has 1 aliphatic carbocycles. The third-order valence-corrected chi connectivity index (χ3v) is 6.85. The summed E-state index contributed by atoms with van der Waals surface area (Å²) in [5, 5.41) is 4.37.